The van der Waals surface area contributed by atoms with Gasteiger partial charge < -0.3 is 10.5 Å². The summed E-state index contributed by atoms with van der Waals surface area (Å²) >= 11 is 6.20. The minimum absolute atomic E-state index is 0.00619. The molecule has 4 aromatic rings. The van der Waals surface area contributed by atoms with E-state index >= 15 is 0 Å². The number of benzene rings is 3. The smallest absolute Gasteiger partial charge is 0.269 e. The van der Waals surface area contributed by atoms with Crippen LogP contribution in [0, 0.1) is 11.6 Å². The second kappa shape index (κ2) is 8.57. The number of rotatable bonds is 5. The normalized spacial score (nSPS) is 10.8. The number of hydrogen-bond acceptors (Lipinski definition) is 4. The van der Waals surface area contributed by atoms with Gasteiger partial charge in [-0.2, -0.15) is 0 Å². The quantitative estimate of drug-likeness (QED) is 0.417. The first-order valence-corrected chi connectivity index (χ1v) is 9.60. The summed E-state index contributed by atoms with van der Waals surface area (Å²) in [7, 11) is 0. The van der Waals surface area contributed by atoms with Crippen molar-refractivity contribution in [2.45, 2.75) is 0 Å². The van der Waals surface area contributed by atoms with E-state index in [1.54, 1.807) is 30.6 Å². The SMILES string of the molecule is Nc1cc(F)ccc1N(C(=O)COc1cccc2cnccc12)c1ccc(F)cc1Cl. The number of hydrogen-bond donors (Lipinski definition) is 1. The maximum absolute atomic E-state index is 13.6. The van der Waals surface area contributed by atoms with Crippen LogP contribution in [-0.2, 0) is 4.79 Å². The maximum atomic E-state index is 13.6. The standard InChI is InChI=1S/C23H16ClF2N3O2/c24-18-10-15(25)4-6-20(18)29(21-7-5-16(26)11-19(21)27)23(30)13-31-22-3-1-2-14-12-28-9-8-17(14)22/h1-12H,13,27H2. The van der Waals surface area contributed by atoms with Crippen molar-refractivity contribution in [3.05, 3.63) is 89.7 Å². The molecule has 0 saturated heterocycles. The second-order valence-corrected chi connectivity index (χ2v) is 7.08. The summed E-state index contributed by atoms with van der Waals surface area (Å²) < 4.78 is 32.9. The number of nitrogen functional groups attached to an aromatic ring is 1. The molecule has 0 atom stereocenters. The summed E-state index contributed by atoms with van der Waals surface area (Å²) in [5.41, 5.74) is 6.37. The van der Waals surface area contributed by atoms with Gasteiger partial charge >= 0.3 is 0 Å². The molecule has 0 unspecified atom stereocenters. The third-order valence-corrected chi connectivity index (χ3v) is 4.93. The third-order valence-electron chi connectivity index (χ3n) is 4.62. The predicted molar refractivity (Wildman–Crippen MR) is 117 cm³/mol. The van der Waals surface area contributed by atoms with E-state index in [0.29, 0.717) is 5.75 Å². The zero-order valence-corrected chi connectivity index (χ0v) is 16.8. The number of nitrogens with zero attached hydrogens (tertiary/aromatic N) is 2. The lowest BCUT2D eigenvalue weighted by molar-refractivity contribution is -0.119. The first-order valence-electron chi connectivity index (χ1n) is 9.22. The highest BCUT2D eigenvalue weighted by Gasteiger charge is 2.24. The van der Waals surface area contributed by atoms with Crippen LogP contribution in [0.2, 0.25) is 5.02 Å². The summed E-state index contributed by atoms with van der Waals surface area (Å²) in [5, 5.41) is 1.64. The van der Waals surface area contributed by atoms with Crippen molar-refractivity contribution in [3.63, 3.8) is 0 Å². The highest BCUT2D eigenvalue weighted by molar-refractivity contribution is 6.34. The van der Waals surface area contributed by atoms with Gasteiger partial charge in [-0.15, -0.1) is 0 Å². The molecule has 1 heterocycles. The largest absolute Gasteiger partial charge is 0.483 e. The summed E-state index contributed by atoms with van der Waals surface area (Å²) in [4.78, 5) is 18.5. The van der Waals surface area contributed by atoms with E-state index in [1.807, 2.05) is 6.07 Å². The van der Waals surface area contributed by atoms with Crippen LogP contribution < -0.4 is 15.4 Å². The lowest BCUT2D eigenvalue weighted by Gasteiger charge is -2.25. The monoisotopic (exact) mass is 439 g/mol. The fourth-order valence-electron chi connectivity index (χ4n) is 3.21. The van der Waals surface area contributed by atoms with Crippen LogP contribution in [0.3, 0.4) is 0 Å². The van der Waals surface area contributed by atoms with Crippen molar-refractivity contribution in [1.29, 1.82) is 0 Å². The Bertz CT molecular complexity index is 1230. The van der Waals surface area contributed by atoms with E-state index in [4.69, 9.17) is 22.1 Å². The molecule has 1 amide bonds. The topological polar surface area (TPSA) is 68.5 Å². The molecule has 3 aromatic carbocycles. The lowest BCUT2D eigenvalue weighted by atomic mass is 10.1. The van der Waals surface area contributed by atoms with Gasteiger partial charge in [0.25, 0.3) is 5.91 Å². The lowest BCUT2D eigenvalue weighted by Crippen LogP contribution is -2.31. The Kier molecular flexibility index (Phi) is 5.68. The summed E-state index contributed by atoms with van der Waals surface area (Å²) in [6, 6.07) is 14.4. The molecule has 0 aliphatic heterocycles. The van der Waals surface area contributed by atoms with Gasteiger partial charge in [0.15, 0.2) is 6.61 Å². The van der Waals surface area contributed by atoms with Gasteiger partial charge in [-0.1, -0.05) is 23.7 Å². The summed E-state index contributed by atoms with van der Waals surface area (Å²) in [6.45, 7) is -0.369. The number of anilines is 3. The zero-order chi connectivity index (χ0) is 22.0. The average Bonchev–Trinajstić information content (AvgIpc) is 2.75. The van der Waals surface area contributed by atoms with E-state index in [2.05, 4.69) is 4.98 Å². The van der Waals surface area contributed by atoms with Crippen molar-refractivity contribution in [2.75, 3.05) is 17.2 Å². The molecule has 0 aliphatic carbocycles. The van der Waals surface area contributed by atoms with E-state index in [-0.39, 0.29) is 28.7 Å². The molecule has 0 radical (unpaired) electrons. The molecular formula is C23H16ClF2N3O2. The molecule has 0 bridgehead atoms. The van der Waals surface area contributed by atoms with Crippen molar-refractivity contribution >= 4 is 45.3 Å². The Morgan fingerprint density at radius 1 is 1.03 bits per heavy atom. The van der Waals surface area contributed by atoms with Gasteiger partial charge in [-0.05, 0) is 48.5 Å². The van der Waals surface area contributed by atoms with Gasteiger partial charge in [0.1, 0.15) is 17.4 Å². The van der Waals surface area contributed by atoms with E-state index in [1.165, 1.54) is 29.2 Å². The molecule has 4 rings (SSSR count). The number of carbonyl (C=O) groups excluding carboxylic acids is 1. The summed E-state index contributed by atoms with van der Waals surface area (Å²) in [5.74, 6) is -1.16. The first-order chi connectivity index (χ1) is 14.9. The highest BCUT2D eigenvalue weighted by Crippen LogP contribution is 2.36. The molecule has 8 heteroatoms. The number of halogens is 3. The third kappa shape index (κ3) is 4.27. The van der Waals surface area contributed by atoms with Crippen LogP contribution in [0.5, 0.6) is 5.75 Å². The molecule has 31 heavy (non-hydrogen) atoms. The van der Waals surface area contributed by atoms with E-state index in [0.717, 1.165) is 22.9 Å². The minimum atomic E-state index is -0.561. The van der Waals surface area contributed by atoms with Crippen molar-refractivity contribution in [3.8, 4) is 5.75 Å². The predicted octanol–water partition coefficient (Wildman–Crippen LogP) is 5.49. The number of amides is 1. The molecule has 0 saturated carbocycles. The first kappa shape index (κ1) is 20.6. The highest BCUT2D eigenvalue weighted by atomic mass is 35.5. The number of aromatic nitrogens is 1. The molecule has 5 nitrogen and oxygen atoms in total. The van der Waals surface area contributed by atoms with Crippen LogP contribution in [0.1, 0.15) is 0 Å². The Morgan fingerprint density at radius 2 is 1.77 bits per heavy atom. The van der Waals surface area contributed by atoms with Gasteiger partial charge in [0.2, 0.25) is 0 Å². The molecular weight excluding hydrogens is 424 g/mol. The summed E-state index contributed by atoms with van der Waals surface area (Å²) in [6.07, 6.45) is 3.31. The van der Waals surface area contributed by atoms with Crippen LogP contribution in [0.15, 0.2) is 73.1 Å². The number of fused-ring (bicyclic) bond motifs is 1. The van der Waals surface area contributed by atoms with Crippen molar-refractivity contribution in [1.82, 2.24) is 4.98 Å². The molecule has 2 N–H and O–H groups in total. The van der Waals surface area contributed by atoms with E-state index in [9.17, 15) is 13.6 Å². The Morgan fingerprint density at radius 3 is 2.52 bits per heavy atom. The molecule has 0 fully saturated rings. The zero-order valence-electron chi connectivity index (χ0n) is 16.1. The van der Waals surface area contributed by atoms with Gasteiger partial charge in [-0.25, -0.2) is 8.78 Å². The molecule has 0 aliphatic rings. The molecule has 1 aromatic heterocycles. The number of carbonyl (C=O) groups is 1. The minimum Gasteiger partial charge on any atom is -0.483 e. The van der Waals surface area contributed by atoms with Crippen molar-refractivity contribution in [2.24, 2.45) is 0 Å². The van der Waals surface area contributed by atoms with Crippen molar-refractivity contribution < 1.29 is 18.3 Å². The fraction of sp³-hybridized carbons (Fsp3) is 0.0435. The Hall–Kier alpha value is -3.71. The maximum Gasteiger partial charge on any atom is 0.269 e. The van der Waals surface area contributed by atoms with Crippen LogP contribution >= 0.6 is 11.6 Å². The van der Waals surface area contributed by atoms with Gasteiger partial charge in [0.05, 0.1) is 22.1 Å². The van der Waals surface area contributed by atoms with Crippen LogP contribution in [-0.4, -0.2) is 17.5 Å². The van der Waals surface area contributed by atoms with Crippen LogP contribution in [0.25, 0.3) is 10.8 Å². The van der Waals surface area contributed by atoms with Crippen LogP contribution in [0.4, 0.5) is 25.8 Å². The Balaban J connectivity index is 1.70. The number of pyridine rings is 1. The Labute approximate surface area is 181 Å². The molecule has 156 valence electrons. The number of ether oxygens (including phenoxy) is 1. The van der Waals surface area contributed by atoms with Gasteiger partial charge in [-0.3, -0.25) is 14.7 Å². The average molecular weight is 440 g/mol. The van der Waals surface area contributed by atoms with Gasteiger partial charge in [0, 0.05) is 23.2 Å². The fourth-order valence-corrected chi connectivity index (χ4v) is 3.46. The second-order valence-electron chi connectivity index (χ2n) is 6.67. The molecule has 0 spiro atoms. The number of nitrogens with two attached hydrogens (primary N) is 1. The van der Waals surface area contributed by atoms with E-state index < -0.39 is 17.5 Å².